The second-order valence-corrected chi connectivity index (χ2v) is 39.3. The van der Waals surface area contributed by atoms with Crippen LogP contribution in [0.2, 0.25) is 71.0 Å². The molecule has 0 aliphatic heterocycles. The molecule has 0 saturated heterocycles. The molecule has 0 heterocycles. The van der Waals surface area contributed by atoms with Crippen molar-refractivity contribution < 1.29 is 45.2 Å². The van der Waals surface area contributed by atoms with E-state index in [4.69, 9.17) is 42.2 Å². The Morgan fingerprint density at radius 1 is 0.796 bits per heavy atom. The monoisotopic (exact) mass is 832 g/mol. The van der Waals surface area contributed by atoms with E-state index in [2.05, 4.69) is 39.3 Å². The third-order valence-corrected chi connectivity index (χ3v) is 30.9. The number of ether oxygens (including phenoxy) is 2. The summed E-state index contributed by atoms with van der Waals surface area (Å²) in [6, 6.07) is 0.760. The Balaban J connectivity index is 2.14. The quantitative estimate of drug-likeness (QED) is 0.0792. The zero-order chi connectivity index (χ0) is 37.2. The number of hydrogen-bond acceptors (Lipinski definition) is 11. The van der Waals surface area contributed by atoms with Crippen molar-refractivity contribution >= 4 is 82.2 Å². The number of carbonyl (C=O) groups excluding carboxylic acids is 2. The third kappa shape index (κ3) is 16.9. The van der Waals surface area contributed by atoms with Crippen LogP contribution in [0.1, 0.15) is 65.2 Å². The number of carbonyl (C=O) groups is 2. The largest absolute Gasteiger partial charge is 0.463 e. The molecule has 1 N–H and O–H groups in total. The second-order valence-electron chi connectivity index (χ2n) is 16.5. The fraction of sp³-hybridized carbons (Fsp3) is 0.935. The lowest BCUT2D eigenvalue weighted by Gasteiger charge is -2.43. The number of rotatable bonds is 19. The highest BCUT2D eigenvalue weighted by atomic mass is 32.9. The minimum atomic E-state index is -3.12. The Morgan fingerprint density at radius 3 is 1.80 bits per heavy atom. The molecular weight excluding hydrogens is 768 g/mol. The Kier molecular flexibility index (Phi) is 18.7. The lowest BCUT2D eigenvalue weighted by molar-refractivity contribution is -0.155. The van der Waals surface area contributed by atoms with Gasteiger partial charge in [-0.25, -0.2) is 0 Å². The van der Waals surface area contributed by atoms with Crippen LogP contribution >= 0.6 is 6.58 Å². The molecule has 10 nitrogen and oxygen atoms in total. The van der Waals surface area contributed by atoms with E-state index in [0.717, 1.165) is 60.9 Å². The van der Waals surface area contributed by atoms with Crippen LogP contribution in [-0.2, 0) is 60.8 Å². The van der Waals surface area contributed by atoms with Crippen molar-refractivity contribution in [2.75, 3.05) is 13.2 Å². The lowest BCUT2D eigenvalue weighted by atomic mass is 9.73. The van der Waals surface area contributed by atoms with Crippen LogP contribution in [0.4, 0.5) is 0 Å². The van der Waals surface area contributed by atoms with Crippen LogP contribution in [0.3, 0.4) is 0 Å². The molecule has 0 spiro atoms. The predicted octanol–water partition coefficient (Wildman–Crippen LogP) is 7.47. The fourth-order valence-electron chi connectivity index (χ4n) is 7.57. The predicted molar refractivity (Wildman–Crippen MR) is 213 cm³/mol. The van der Waals surface area contributed by atoms with Crippen LogP contribution in [-0.4, -0.2) is 85.1 Å². The smallest absolute Gasteiger partial charge is 0.318 e. The maximum absolute atomic E-state index is 13.6. The average Bonchev–Trinajstić information content (AvgIpc) is 2.97. The first-order valence-corrected chi connectivity index (χ1v) is 35.7. The second kappa shape index (κ2) is 20.2. The summed E-state index contributed by atoms with van der Waals surface area (Å²) in [5.41, 5.74) is 0.266. The van der Waals surface area contributed by atoms with Crippen LogP contribution in [0, 0.1) is 23.7 Å². The summed E-state index contributed by atoms with van der Waals surface area (Å²) >= 11 is 4.97. The normalized spacial score (nSPS) is 26.7. The van der Waals surface area contributed by atoms with E-state index in [9.17, 15) is 14.2 Å². The molecule has 0 bridgehead atoms. The minimum absolute atomic E-state index is 0.0507. The van der Waals surface area contributed by atoms with Crippen molar-refractivity contribution in [3.8, 4) is 0 Å². The van der Waals surface area contributed by atoms with Gasteiger partial charge in [-0.15, -0.1) is 0 Å². The molecule has 0 amide bonds. The van der Waals surface area contributed by atoms with Crippen molar-refractivity contribution in [2.24, 2.45) is 23.7 Å². The summed E-state index contributed by atoms with van der Waals surface area (Å²) in [4.78, 5) is 26.4. The van der Waals surface area contributed by atoms with Gasteiger partial charge in [-0.3, -0.25) is 14.2 Å². The van der Waals surface area contributed by atoms with E-state index in [0.29, 0.717) is 23.9 Å². The summed E-state index contributed by atoms with van der Waals surface area (Å²) in [6.45, 7) is 20.8. The number of hydrogen-bond donors (Lipinski definition) is 1. The number of aliphatic hydroxyl groups excluding tert-OH is 1. The first-order chi connectivity index (χ1) is 22.6. The molecule has 18 heteroatoms. The van der Waals surface area contributed by atoms with Gasteiger partial charge in [-0.2, -0.15) is 0 Å². The van der Waals surface area contributed by atoms with E-state index in [-0.39, 0.29) is 30.9 Å². The maximum atomic E-state index is 13.6. The molecule has 0 aromatic rings. The van der Waals surface area contributed by atoms with E-state index < -0.39 is 67.4 Å². The molecule has 6 atom stereocenters. The van der Waals surface area contributed by atoms with Gasteiger partial charge in [0, 0.05) is 17.7 Å². The van der Waals surface area contributed by atoms with Gasteiger partial charge in [-0.05, 0) is 143 Å². The maximum Gasteiger partial charge on any atom is 0.318 e. The van der Waals surface area contributed by atoms with E-state index in [1.165, 1.54) is 0 Å². The first kappa shape index (κ1) is 45.5. The standard InChI is InChI=1S/C31H65O10PS2Si5/c1-24(30(33)36-21-20-32)23-49(11,40-47(7,8)9)41-48(10,39-45(3)38-46(4,5)6)22-25(2)31(34)37-28-16-12-26(13-17-28)27-14-18-29(19-15-27)42(35)44-43/h24-29,32,45H,12-23H2,1-11H3. The zero-order valence-corrected chi connectivity index (χ0v) is 39.6. The van der Waals surface area contributed by atoms with Crippen molar-refractivity contribution in [2.45, 2.75) is 148 Å². The van der Waals surface area contributed by atoms with Gasteiger partial charge >= 0.3 is 29.1 Å². The van der Waals surface area contributed by atoms with Crippen molar-refractivity contribution in [3.05, 3.63) is 0 Å². The highest BCUT2D eigenvalue weighted by Gasteiger charge is 2.49. The summed E-state index contributed by atoms with van der Waals surface area (Å²) in [5, 5.41) is 9.15. The van der Waals surface area contributed by atoms with Crippen molar-refractivity contribution in [1.82, 2.24) is 0 Å². The van der Waals surface area contributed by atoms with Crippen molar-refractivity contribution in [3.63, 3.8) is 0 Å². The number of esters is 2. The van der Waals surface area contributed by atoms with Crippen LogP contribution in [0.25, 0.3) is 0 Å². The van der Waals surface area contributed by atoms with Gasteiger partial charge in [0.2, 0.25) is 0 Å². The average molecular weight is 833 g/mol. The SMILES string of the molecule is CC(C[Si](C)(O[Si](C)(C)C)O[Si](C)(CC(C)C(=O)OC1CCC(C2CCC(P(=O)=S=S)CC2)CC1)O[SiH](C)O[Si](C)(C)C)C(=O)OCCO. The molecular formula is C31H65O10PS2Si5. The molecule has 0 radical (unpaired) electrons. The highest BCUT2D eigenvalue weighted by Crippen LogP contribution is 2.42. The summed E-state index contributed by atoms with van der Waals surface area (Å²) in [6.07, 6.45) is 8.00. The molecule has 0 aromatic carbocycles. The topological polar surface area (TPSA) is 127 Å². The van der Waals surface area contributed by atoms with Gasteiger partial charge in [-0.1, -0.05) is 13.8 Å². The molecule has 2 fully saturated rings. The lowest BCUT2D eigenvalue weighted by Crippen LogP contribution is -2.59. The highest BCUT2D eigenvalue weighted by molar-refractivity contribution is 8.32. The summed E-state index contributed by atoms with van der Waals surface area (Å²) < 4.78 is 50.6. The Hall–Kier alpha value is 0.364. The molecule has 49 heavy (non-hydrogen) atoms. The van der Waals surface area contributed by atoms with E-state index in [1.54, 1.807) is 6.92 Å². The Labute approximate surface area is 310 Å². The van der Waals surface area contributed by atoms with E-state index in [1.807, 2.05) is 26.6 Å². The molecule has 286 valence electrons. The fourth-order valence-corrected chi connectivity index (χ4v) is 31.9. The van der Waals surface area contributed by atoms with E-state index >= 15 is 0 Å². The minimum Gasteiger partial charge on any atom is -0.463 e. The molecule has 6 unspecified atom stereocenters. The Morgan fingerprint density at radius 2 is 1.31 bits per heavy atom. The van der Waals surface area contributed by atoms with Gasteiger partial charge < -0.3 is 31.0 Å². The summed E-state index contributed by atoms with van der Waals surface area (Å²) in [7, 11) is -11.2. The van der Waals surface area contributed by atoms with Gasteiger partial charge in [0.05, 0.1) is 18.4 Å². The molecule has 2 rings (SSSR count). The van der Waals surface area contributed by atoms with Gasteiger partial charge in [0.1, 0.15) is 12.7 Å². The molecule has 2 aliphatic rings. The first-order valence-electron chi connectivity index (χ1n) is 18.1. The van der Waals surface area contributed by atoms with Gasteiger partial charge in [0.25, 0.3) is 9.28 Å². The van der Waals surface area contributed by atoms with Crippen molar-refractivity contribution in [1.29, 1.82) is 0 Å². The summed E-state index contributed by atoms with van der Waals surface area (Å²) in [5.74, 6) is -0.266. The number of aliphatic hydroxyl groups is 1. The molecule has 2 saturated carbocycles. The molecule has 2 aliphatic carbocycles. The van der Waals surface area contributed by atoms with Crippen LogP contribution in [0.5, 0.6) is 0 Å². The molecule has 0 aromatic heterocycles. The van der Waals surface area contributed by atoms with Crippen LogP contribution < -0.4 is 0 Å². The van der Waals surface area contributed by atoms with Crippen LogP contribution in [0.15, 0.2) is 0 Å². The Bertz CT molecular complexity index is 1180. The zero-order valence-electron chi connectivity index (χ0n) is 31.9. The third-order valence-electron chi connectivity index (χ3n) is 9.16. The van der Waals surface area contributed by atoms with Gasteiger partial charge in [0.15, 0.2) is 23.2 Å².